The first kappa shape index (κ1) is 16.1. The number of para-hydroxylation sites is 1. The summed E-state index contributed by atoms with van der Waals surface area (Å²) >= 11 is 0. The Kier molecular flexibility index (Phi) is 4.43. The summed E-state index contributed by atoms with van der Waals surface area (Å²) in [6, 6.07) is 6.18. The third kappa shape index (κ3) is 3.54. The van der Waals surface area contributed by atoms with Crippen LogP contribution < -0.4 is 4.74 Å². The quantitative estimate of drug-likeness (QED) is 0.801. The predicted octanol–water partition coefficient (Wildman–Crippen LogP) is 2.90. The summed E-state index contributed by atoms with van der Waals surface area (Å²) in [4.78, 5) is 0.283. The molecule has 0 saturated carbocycles. The van der Waals surface area contributed by atoms with E-state index in [0.29, 0.717) is 0 Å². The van der Waals surface area contributed by atoms with Crippen molar-refractivity contribution in [2.24, 2.45) is 0 Å². The SMILES string of the molecule is COc1ccccc1S(C)(C)OS(=O)(=O)C(F)(F)F. The van der Waals surface area contributed by atoms with E-state index in [4.69, 9.17) is 4.74 Å². The van der Waals surface area contributed by atoms with E-state index in [1.807, 2.05) is 0 Å². The van der Waals surface area contributed by atoms with Crippen LogP contribution in [0.2, 0.25) is 0 Å². The first-order valence-electron chi connectivity index (χ1n) is 4.90. The minimum Gasteiger partial charge on any atom is -0.496 e. The predicted molar refractivity (Wildman–Crippen MR) is 66.8 cm³/mol. The molecule has 0 saturated heterocycles. The van der Waals surface area contributed by atoms with Crippen LogP contribution in [0.5, 0.6) is 5.75 Å². The van der Waals surface area contributed by atoms with Gasteiger partial charge in [0, 0.05) is 0 Å². The van der Waals surface area contributed by atoms with Crippen molar-refractivity contribution in [3.05, 3.63) is 24.3 Å². The fraction of sp³-hybridized carbons (Fsp3) is 0.400. The molecule has 0 unspecified atom stereocenters. The summed E-state index contributed by atoms with van der Waals surface area (Å²) in [5.74, 6) is 0.278. The molecule has 0 radical (unpaired) electrons. The number of ether oxygens (including phenoxy) is 1. The third-order valence-corrected chi connectivity index (χ3v) is 6.18. The topological polar surface area (TPSA) is 52.6 Å². The number of hydrogen-bond donors (Lipinski definition) is 0. The van der Waals surface area contributed by atoms with Crippen molar-refractivity contribution in [2.75, 3.05) is 19.6 Å². The molecule has 0 heterocycles. The second-order valence-corrected chi connectivity index (χ2v) is 8.67. The van der Waals surface area contributed by atoms with Crippen molar-refractivity contribution in [1.82, 2.24) is 0 Å². The zero-order chi connectivity index (χ0) is 14.9. The molecule has 0 aromatic heterocycles. The summed E-state index contributed by atoms with van der Waals surface area (Å²) in [6.07, 6.45) is 2.60. The maximum absolute atomic E-state index is 12.3. The van der Waals surface area contributed by atoms with Gasteiger partial charge in [-0.2, -0.15) is 21.6 Å². The van der Waals surface area contributed by atoms with Crippen molar-refractivity contribution in [1.29, 1.82) is 0 Å². The van der Waals surface area contributed by atoms with Crippen LogP contribution >= 0.6 is 10.3 Å². The number of alkyl halides is 3. The Morgan fingerprint density at radius 2 is 1.63 bits per heavy atom. The second kappa shape index (κ2) is 5.22. The van der Waals surface area contributed by atoms with Crippen LogP contribution in [0.1, 0.15) is 0 Å². The van der Waals surface area contributed by atoms with E-state index in [-0.39, 0.29) is 10.6 Å². The Balaban J connectivity index is 3.19. The van der Waals surface area contributed by atoms with Gasteiger partial charge in [0.1, 0.15) is 5.75 Å². The highest BCUT2D eigenvalue weighted by Gasteiger charge is 2.50. The average Bonchev–Trinajstić information content (AvgIpc) is 2.26. The monoisotopic (exact) mass is 318 g/mol. The fourth-order valence-electron chi connectivity index (χ4n) is 1.32. The van der Waals surface area contributed by atoms with Crippen molar-refractivity contribution in [2.45, 2.75) is 10.4 Å². The molecule has 0 aliphatic carbocycles. The molecule has 0 bridgehead atoms. The molecule has 0 aliphatic rings. The largest absolute Gasteiger partial charge is 0.523 e. The highest BCUT2D eigenvalue weighted by atomic mass is 32.3. The molecular weight excluding hydrogens is 305 g/mol. The Bertz CT molecular complexity index is 552. The van der Waals surface area contributed by atoms with E-state index in [1.54, 1.807) is 12.1 Å². The molecule has 0 aliphatic heterocycles. The van der Waals surface area contributed by atoms with E-state index in [2.05, 4.69) is 3.63 Å². The summed E-state index contributed by atoms with van der Waals surface area (Å²) < 4.78 is 68.5. The molecule has 0 fully saturated rings. The van der Waals surface area contributed by atoms with Crippen molar-refractivity contribution < 1.29 is 30.0 Å². The first-order valence-corrected chi connectivity index (χ1v) is 8.68. The third-order valence-electron chi connectivity index (χ3n) is 2.14. The van der Waals surface area contributed by atoms with Crippen LogP contribution in [0.3, 0.4) is 0 Å². The van der Waals surface area contributed by atoms with Gasteiger partial charge >= 0.3 is 15.6 Å². The van der Waals surface area contributed by atoms with Gasteiger partial charge in [-0.1, -0.05) is 22.4 Å². The number of halogens is 3. The maximum atomic E-state index is 12.3. The van der Waals surface area contributed by atoms with Gasteiger partial charge in [0.15, 0.2) is 0 Å². The minimum atomic E-state index is -5.65. The van der Waals surface area contributed by atoms with Gasteiger partial charge in [-0.25, -0.2) is 3.63 Å². The highest BCUT2D eigenvalue weighted by molar-refractivity contribution is 8.32. The van der Waals surface area contributed by atoms with E-state index in [1.165, 1.54) is 31.8 Å². The zero-order valence-electron chi connectivity index (χ0n) is 10.4. The minimum absolute atomic E-state index is 0.278. The van der Waals surface area contributed by atoms with Crippen molar-refractivity contribution in [3.63, 3.8) is 0 Å². The molecule has 19 heavy (non-hydrogen) atoms. The van der Waals surface area contributed by atoms with Gasteiger partial charge < -0.3 is 4.74 Å². The van der Waals surface area contributed by atoms with Gasteiger partial charge in [-0.15, -0.1) is 0 Å². The first-order chi connectivity index (χ1) is 8.51. The normalized spacial score (nSPS) is 14.2. The fourth-order valence-corrected chi connectivity index (χ4v) is 4.76. The molecule has 1 aromatic carbocycles. The molecular formula is C10H13F3O4S2. The summed E-state index contributed by atoms with van der Waals surface area (Å²) in [5.41, 5.74) is -5.45. The lowest BCUT2D eigenvalue weighted by Crippen LogP contribution is -2.26. The lowest BCUT2D eigenvalue weighted by molar-refractivity contribution is -0.0496. The van der Waals surface area contributed by atoms with Gasteiger partial charge in [-0.3, -0.25) is 0 Å². The van der Waals surface area contributed by atoms with Crippen LogP contribution in [0, 0.1) is 0 Å². The second-order valence-electron chi connectivity index (χ2n) is 3.85. The summed E-state index contributed by atoms with van der Waals surface area (Å²) in [6.45, 7) is 0. The van der Waals surface area contributed by atoms with Crippen molar-refractivity contribution in [3.8, 4) is 5.75 Å². The van der Waals surface area contributed by atoms with Crippen LogP contribution in [-0.4, -0.2) is 33.5 Å². The number of methoxy groups -OCH3 is 1. The Hall–Kier alpha value is -0.930. The van der Waals surface area contributed by atoms with Gasteiger partial charge in [0.05, 0.1) is 12.0 Å². The van der Waals surface area contributed by atoms with Crippen LogP contribution in [-0.2, 0) is 13.7 Å². The van der Waals surface area contributed by atoms with Crippen LogP contribution in [0.25, 0.3) is 0 Å². The molecule has 0 atom stereocenters. The smallest absolute Gasteiger partial charge is 0.496 e. The van der Waals surface area contributed by atoms with E-state index in [9.17, 15) is 21.6 Å². The standard InChI is InChI=1S/C10H13F3O4S2/c1-16-8-6-4-5-7-9(8)18(2,3)17-19(14,15)10(11,12)13/h4-7H,1-3H3. The lowest BCUT2D eigenvalue weighted by atomic mass is 10.3. The molecule has 4 nitrogen and oxygen atoms in total. The van der Waals surface area contributed by atoms with Crippen LogP contribution in [0.4, 0.5) is 13.2 Å². The molecule has 0 spiro atoms. The molecule has 0 N–H and O–H groups in total. The number of benzene rings is 1. The maximum Gasteiger partial charge on any atom is 0.523 e. The summed E-state index contributed by atoms with van der Waals surface area (Å²) in [7, 11) is -6.98. The Morgan fingerprint density at radius 1 is 1.11 bits per heavy atom. The Labute approximate surface area is 111 Å². The van der Waals surface area contributed by atoms with Gasteiger partial charge in [0.25, 0.3) is 0 Å². The molecule has 0 amide bonds. The van der Waals surface area contributed by atoms with Gasteiger partial charge in [0.2, 0.25) is 0 Å². The van der Waals surface area contributed by atoms with Crippen molar-refractivity contribution >= 4 is 20.4 Å². The van der Waals surface area contributed by atoms with E-state index >= 15 is 0 Å². The summed E-state index contributed by atoms with van der Waals surface area (Å²) in [5, 5.41) is 0. The number of hydrogen-bond acceptors (Lipinski definition) is 4. The molecule has 1 rings (SSSR count). The highest BCUT2D eigenvalue weighted by Crippen LogP contribution is 2.56. The molecule has 110 valence electrons. The molecule has 9 heteroatoms. The molecule has 1 aromatic rings. The van der Waals surface area contributed by atoms with E-state index in [0.717, 1.165) is 0 Å². The average molecular weight is 318 g/mol. The van der Waals surface area contributed by atoms with Gasteiger partial charge in [-0.05, 0) is 24.6 Å². The van der Waals surface area contributed by atoms with Crippen LogP contribution in [0.15, 0.2) is 29.2 Å². The lowest BCUT2D eigenvalue weighted by Gasteiger charge is -2.31. The zero-order valence-corrected chi connectivity index (χ0v) is 12.0. The van der Waals surface area contributed by atoms with E-state index < -0.39 is 25.9 Å². The number of rotatable bonds is 4. The Morgan fingerprint density at radius 3 is 2.11 bits per heavy atom.